The molecule has 1 N–H and O–H groups in total. The normalized spacial score (nSPS) is 18.6. The SMILES string of the molecule is CN(CC1CNC1)c1ccc2c(c1)OCCO2. The van der Waals surface area contributed by atoms with Gasteiger partial charge < -0.3 is 19.7 Å². The molecule has 0 spiro atoms. The van der Waals surface area contributed by atoms with Crippen molar-refractivity contribution in [3.63, 3.8) is 0 Å². The van der Waals surface area contributed by atoms with E-state index in [2.05, 4.69) is 29.4 Å². The first-order valence-corrected chi connectivity index (χ1v) is 6.14. The van der Waals surface area contributed by atoms with Crippen molar-refractivity contribution in [3.8, 4) is 11.5 Å². The molecule has 0 bridgehead atoms. The molecule has 0 amide bonds. The van der Waals surface area contributed by atoms with E-state index in [1.54, 1.807) is 0 Å². The van der Waals surface area contributed by atoms with Gasteiger partial charge in [-0.3, -0.25) is 0 Å². The summed E-state index contributed by atoms with van der Waals surface area (Å²) in [6.07, 6.45) is 0. The van der Waals surface area contributed by atoms with Crippen LogP contribution in [0.4, 0.5) is 5.69 Å². The lowest BCUT2D eigenvalue weighted by Gasteiger charge is -2.32. The number of anilines is 1. The van der Waals surface area contributed by atoms with Crippen molar-refractivity contribution < 1.29 is 9.47 Å². The molecule has 1 aromatic carbocycles. The molecule has 0 radical (unpaired) electrons. The third-order valence-corrected chi connectivity index (χ3v) is 3.36. The molecule has 4 nitrogen and oxygen atoms in total. The molecule has 0 aromatic heterocycles. The highest BCUT2D eigenvalue weighted by Crippen LogP contribution is 2.33. The van der Waals surface area contributed by atoms with Gasteiger partial charge >= 0.3 is 0 Å². The molecule has 2 heterocycles. The molecule has 0 aliphatic carbocycles. The molecule has 2 aliphatic heterocycles. The molecule has 4 heteroatoms. The fourth-order valence-corrected chi connectivity index (χ4v) is 2.24. The third-order valence-electron chi connectivity index (χ3n) is 3.36. The summed E-state index contributed by atoms with van der Waals surface area (Å²) in [4.78, 5) is 2.28. The molecule has 3 rings (SSSR count). The average Bonchev–Trinajstić information content (AvgIpc) is 2.33. The summed E-state index contributed by atoms with van der Waals surface area (Å²) < 4.78 is 11.1. The van der Waals surface area contributed by atoms with E-state index in [0.29, 0.717) is 13.2 Å². The predicted octanol–water partition coefficient (Wildman–Crippen LogP) is 1.11. The molecular formula is C13H18N2O2. The molecule has 0 unspecified atom stereocenters. The second-order valence-corrected chi connectivity index (χ2v) is 4.73. The van der Waals surface area contributed by atoms with Crippen LogP contribution in [0.25, 0.3) is 0 Å². The number of hydrogen-bond donors (Lipinski definition) is 1. The van der Waals surface area contributed by atoms with E-state index >= 15 is 0 Å². The summed E-state index contributed by atoms with van der Waals surface area (Å²) in [5.41, 5.74) is 1.20. The maximum atomic E-state index is 5.60. The van der Waals surface area contributed by atoms with Gasteiger partial charge in [0.2, 0.25) is 0 Å². The van der Waals surface area contributed by atoms with Crippen molar-refractivity contribution in [2.75, 3.05) is 44.8 Å². The Balaban J connectivity index is 1.73. The Morgan fingerprint density at radius 3 is 2.71 bits per heavy atom. The van der Waals surface area contributed by atoms with E-state index < -0.39 is 0 Å². The number of fused-ring (bicyclic) bond motifs is 1. The maximum absolute atomic E-state index is 5.60. The molecule has 1 saturated heterocycles. The Labute approximate surface area is 102 Å². The molecule has 0 saturated carbocycles. The van der Waals surface area contributed by atoms with Crippen LogP contribution in [0.1, 0.15) is 0 Å². The quantitative estimate of drug-likeness (QED) is 0.849. The van der Waals surface area contributed by atoms with Crippen LogP contribution in [-0.2, 0) is 0 Å². The monoisotopic (exact) mass is 234 g/mol. The summed E-state index contributed by atoms with van der Waals surface area (Å²) in [5, 5.41) is 3.30. The first-order valence-electron chi connectivity index (χ1n) is 6.14. The Hall–Kier alpha value is -1.42. The van der Waals surface area contributed by atoms with Crippen molar-refractivity contribution in [2.45, 2.75) is 0 Å². The average molecular weight is 234 g/mol. The molecule has 1 fully saturated rings. The van der Waals surface area contributed by atoms with Crippen LogP contribution in [-0.4, -0.2) is 39.9 Å². The Bertz CT molecular complexity index is 404. The first kappa shape index (κ1) is 10.7. The van der Waals surface area contributed by atoms with E-state index in [-0.39, 0.29) is 0 Å². The molecular weight excluding hydrogens is 216 g/mol. The fraction of sp³-hybridized carbons (Fsp3) is 0.538. The topological polar surface area (TPSA) is 33.7 Å². The van der Waals surface area contributed by atoms with Gasteiger partial charge in [0, 0.05) is 44.4 Å². The zero-order valence-corrected chi connectivity index (χ0v) is 10.1. The van der Waals surface area contributed by atoms with Crippen LogP contribution < -0.4 is 19.7 Å². The minimum absolute atomic E-state index is 0.646. The van der Waals surface area contributed by atoms with Gasteiger partial charge in [-0.1, -0.05) is 0 Å². The lowest BCUT2D eigenvalue weighted by molar-refractivity contribution is 0.171. The zero-order chi connectivity index (χ0) is 11.7. The molecule has 0 atom stereocenters. The van der Waals surface area contributed by atoms with Crippen molar-refractivity contribution in [2.24, 2.45) is 5.92 Å². The largest absolute Gasteiger partial charge is 0.486 e. The third kappa shape index (κ3) is 2.17. The first-order chi connectivity index (χ1) is 8.33. The van der Waals surface area contributed by atoms with Gasteiger partial charge in [0.05, 0.1) is 0 Å². The van der Waals surface area contributed by atoms with Crippen LogP contribution in [0.3, 0.4) is 0 Å². The number of ether oxygens (including phenoxy) is 2. The maximum Gasteiger partial charge on any atom is 0.163 e. The second-order valence-electron chi connectivity index (χ2n) is 4.73. The summed E-state index contributed by atoms with van der Waals surface area (Å²) >= 11 is 0. The summed E-state index contributed by atoms with van der Waals surface area (Å²) in [6.45, 7) is 4.65. The fourth-order valence-electron chi connectivity index (χ4n) is 2.24. The van der Waals surface area contributed by atoms with Crippen LogP contribution >= 0.6 is 0 Å². The number of benzene rings is 1. The van der Waals surface area contributed by atoms with E-state index in [1.165, 1.54) is 5.69 Å². The molecule has 17 heavy (non-hydrogen) atoms. The van der Waals surface area contributed by atoms with Crippen LogP contribution in [0.2, 0.25) is 0 Å². The highest BCUT2D eigenvalue weighted by atomic mass is 16.6. The minimum atomic E-state index is 0.646. The molecule has 1 aromatic rings. The summed E-state index contributed by atoms with van der Waals surface area (Å²) in [5.74, 6) is 2.50. The zero-order valence-electron chi connectivity index (χ0n) is 10.1. The van der Waals surface area contributed by atoms with Crippen molar-refractivity contribution in [1.82, 2.24) is 5.32 Å². The van der Waals surface area contributed by atoms with Gasteiger partial charge in [-0.2, -0.15) is 0 Å². The smallest absolute Gasteiger partial charge is 0.163 e. The molecule has 92 valence electrons. The minimum Gasteiger partial charge on any atom is -0.486 e. The van der Waals surface area contributed by atoms with Crippen molar-refractivity contribution in [3.05, 3.63) is 18.2 Å². The lowest BCUT2D eigenvalue weighted by atomic mass is 10.0. The highest BCUT2D eigenvalue weighted by molar-refractivity contribution is 5.56. The lowest BCUT2D eigenvalue weighted by Crippen LogP contribution is -2.47. The van der Waals surface area contributed by atoms with Gasteiger partial charge in [0.1, 0.15) is 13.2 Å². The van der Waals surface area contributed by atoms with Gasteiger partial charge in [-0.15, -0.1) is 0 Å². The van der Waals surface area contributed by atoms with Gasteiger partial charge in [-0.25, -0.2) is 0 Å². The van der Waals surface area contributed by atoms with E-state index in [0.717, 1.165) is 37.1 Å². The standard InChI is InChI=1S/C13H18N2O2/c1-15(9-10-7-14-8-10)11-2-3-12-13(6-11)17-5-4-16-12/h2-3,6,10,14H,4-5,7-9H2,1H3. The van der Waals surface area contributed by atoms with Gasteiger partial charge in [0.25, 0.3) is 0 Å². The highest BCUT2D eigenvalue weighted by Gasteiger charge is 2.19. The van der Waals surface area contributed by atoms with E-state index in [4.69, 9.17) is 9.47 Å². The van der Waals surface area contributed by atoms with Crippen molar-refractivity contribution in [1.29, 1.82) is 0 Å². The van der Waals surface area contributed by atoms with Gasteiger partial charge in [-0.05, 0) is 12.1 Å². The Morgan fingerprint density at radius 1 is 1.24 bits per heavy atom. The summed E-state index contributed by atoms with van der Waals surface area (Å²) in [6, 6.07) is 6.17. The van der Waals surface area contributed by atoms with Crippen LogP contribution in [0.5, 0.6) is 11.5 Å². The number of rotatable bonds is 3. The summed E-state index contributed by atoms with van der Waals surface area (Å²) in [7, 11) is 2.13. The number of nitrogens with one attached hydrogen (secondary N) is 1. The number of nitrogens with zero attached hydrogens (tertiary/aromatic N) is 1. The second kappa shape index (κ2) is 4.45. The molecule has 2 aliphatic rings. The van der Waals surface area contributed by atoms with E-state index in [1.807, 2.05) is 6.07 Å². The van der Waals surface area contributed by atoms with Gasteiger partial charge in [0.15, 0.2) is 11.5 Å². The van der Waals surface area contributed by atoms with E-state index in [9.17, 15) is 0 Å². The Kier molecular flexibility index (Phi) is 2.81. The van der Waals surface area contributed by atoms with Crippen molar-refractivity contribution >= 4 is 5.69 Å². The predicted molar refractivity (Wildman–Crippen MR) is 67.1 cm³/mol. The van der Waals surface area contributed by atoms with Crippen LogP contribution in [0.15, 0.2) is 18.2 Å². The van der Waals surface area contributed by atoms with Crippen LogP contribution in [0, 0.1) is 5.92 Å². The number of hydrogen-bond acceptors (Lipinski definition) is 4. The Morgan fingerprint density at radius 2 is 2.00 bits per heavy atom.